The molecule has 0 aliphatic carbocycles. The molecule has 0 saturated heterocycles. The van der Waals surface area contributed by atoms with Crippen molar-refractivity contribution in [3.05, 3.63) is 29.8 Å². The van der Waals surface area contributed by atoms with E-state index in [1.54, 1.807) is 21.0 Å². The van der Waals surface area contributed by atoms with Gasteiger partial charge in [0.25, 0.3) is 0 Å². The van der Waals surface area contributed by atoms with E-state index in [0.29, 0.717) is 12.8 Å². The first-order chi connectivity index (χ1) is 13.7. The third-order valence-electron chi connectivity index (χ3n) is 4.80. The fourth-order valence-electron chi connectivity index (χ4n) is 3.14. The van der Waals surface area contributed by atoms with Gasteiger partial charge in [0, 0.05) is 13.5 Å². The third-order valence-corrected chi connectivity index (χ3v) is 4.80. The lowest BCUT2D eigenvalue weighted by Gasteiger charge is -2.26. The Morgan fingerprint density at radius 1 is 1.03 bits per heavy atom. The van der Waals surface area contributed by atoms with E-state index in [2.05, 4.69) is 10.6 Å². The molecule has 0 bridgehead atoms. The molecule has 1 aromatic rings. The Morgan fingerprint density at radius 2 is 1.66 bits per heavy atom. The standard InChI is InChI=1S/C22H34N2O5/c1-7-29-22(27)15(4)18(12-14(2)3)20(25)24-19(21(26)23-5)13-16-8-10-17(28-6)11-9-16/h8-11,14-15,18-19H,7,12-13H2,1-6H3,(H,23,26)(H,24,25)/t15?,18?,19-/m0/s1. The molecule has 0 radical (unpaired) electrons. The number of likely N-dealkylation sites (N-methyl/N-ethyl adjacent to an activating group) is 1. The van der Waals surface area contributed by atoms with Gasteiger partial charge in [-0.25, -0.2) is 0 Å². The van der Waals surface area contributed by atoms with E-state index in [1.807, 2.05) is 38.1 Å². The quantitative estimate of drug-likeness (QED) is 0.550. The van der Waals surface area contributed by atoms with Gasteiger partial charge in [-0.15, -0.1) is 0 Å². The highest BCUT2D eigenvalue weighted by Gasteiger charge is 2.33. The maximum Gasteiger partial charge on any atom is 0.309 e. The number of amides is 2. The van der Waals surface area contributed by atoms with Crippen molar-refractivity contribution in [1.82, 2.24) is 10.6 Å². The molecule has 0 saturated carbocycles. The molecule has 0 heterocycles. The van der Waals surface area contributed by atoms with Gasteiger partial charge in [-0.05, 0) is 37.0 Å². The van der Waals surface area contributed by atoms with Crippen LogP contribution in [0.1, 0.15) is 39.7 Å². The molecular formula is C22H34N2O5. The fraction of sp³-hybridized carbons (Fsp3) is 0.591. The van der Waals surface area contributed by atoms with Crippen LogP contribution in [0.3, 0.4) is 0 Å². The maximum atomic E-state index is 13.0. The van der Waals surface area contributed by atoms with Gasteiger partial charge in [0.2, 0.25) is 11.8 Å². The molecule has 7 heteroatoms. The monoisotopic (exact) mass is 406 g/mol. The van der Waals surface area contributed by atoms with Crippen molar-refractivity contribution in [3.8, 4) is 5.75 Å². The molecule has 162 valence electrons. The summed E-state index contributed by atoms with van der Waals surface area (Å²) in [5.74, 6) is -1.25. The van der Waals surface area contributed by atoms with Crippen LogP contribution in [0.2, 0.25) is 0 Å². The van der Waals surface area contributed by atoms with Crippen LogP contribution in [0.4, 0.5) is 0 Å². The first-order valence-electron chi connectivity index (χ1n) is 10.0. The molecule has 29 heavy (non-hydrogen) atoms. The SMILES string of the molecule is CCOC(=O)C(C)C(CC(C)C)C(=O)N[C@@H](Cc1ccc(OC)cc1)C(=O)NC. The largest absolute Gasteiger partial charge is 0.497 e. The van der Waals surface area contributed by atoms with Crippen LogP contribution in [0.25, 0.3) is 0 Å². The molecule has 0 aromatic heterocycles. The second-order valence-corrected chi connectivity index (χ2v) is 7.50. The van der Waals surface area contributed by atoms with E-state index < -0.39 is 23.8 Å². The Balaban J connectivity index is 2.98. The molecule has 0 spiro atoms. The number of hydrogen-bond donors (Lipinski definition) is 2. The van der Waals surface area contributed by atoms with Crippen LogP contribution in [0.5, 0.6) is 5.75 Å². The number of carbonyl (C=O) groups is 3. The minimum Gasteiger partial charge on any atom is -0.497 e. The normalized spacial score (nSPS) is 13.9. The molecule has 0 fully saturated rings. The summed E-state index contributed by atoms with van der Waals surface area (Å²) >= 11 is 0. The predicted octanol–water partition coefficient (Wildman–Crippen LogP) is 2.33. The van der Waals surface area contributed by atoms with E-state index in [4.69, 9.17) is 9.47 Å². The van der Waals surface area contributed by atoms with Gasteiger partial charge < -0.3 is 20.1 Å². The van der Waals surface area contributed by atoms with Gasteiger partial charge in [-0.3, -0.25) is 14.4 Å². The summed E-state index contributed by atoms with van der Waals surface area (Å²) in [6.07, 6.45) is 0.854. The maximum absolute atomic E-state index is 13.0. The van der Waals surface area contributed by atoms with Crippen LogP contribution in [0, 0.1) is 17.8 Å². The summed E-state index contributed by atoms with van der Waals surface area (Å²) in [6, 6.07) is 6.58. The van der Waals surface area contributed by atoms with Crippen molar-refractivity contribution in [1.29, 1.82) is 0 Å². The van der Waals surface area contributed by atoms with Crippen molar-refractivity contribution in [2.24, 2.45) is 17.8 Å². The van der Waals surface area contributed by atoms with Crippen molar-refractivity contribution in [2.75, 3.05) is 20.8 Å². The zero-order valence-electron chi connectivity index (χ0n) is 18.3. The van der Waals surface area contributed by atoms with E-state index in [9.17, 15) is 14.4 Å². The molecule has 0 aliphatic rings. The Bertz CT molecular complexity index is 672. The third kappa shape index (κ3) is 7.75. The molecule has 0 aliphatic heterocycles. The summed E-state index contributed by atoms with van der Waals surface area (Å²) in [6.45, 7) is 7.68. The number of carbonyl (C=O) groups excluding carboxylic acids is 3. The second kappa shape index (κ2) is 12.1. The summed E-state index contributed by atoms with van der Waals surface area (Å²) in [4.78, 5) is 37.6. The van der Waals surface area contributed by atoms with Gasteiger partial charge in [0.15, 0.2) is 0 Å². The zero-order valence-corrected chi connectivity index (χ0v) is 18.3. The van der Waals surface area contributed by atoms with Gasteiger partial charge in [0.05, 0.1) is 25.6 Å². The summed E-state index contributed by atoms with van der Waals surface area (Å²) in [7, 11) is 3.12. The smallest absolute Gasteiger partial charge is 0.309 e. The molecular weight excluding hydrogens is 372 g/mol. The zero-order chi connectivity index (χ0) is 22.0. The Labute approximate surface area is 173 Å². The van der Waals surface area contributed by atoms with Gasteiger partial charge >= 0.3 is 5.97 Å². The van der Waals surface area contributed by atoms with Crippen LogP contribution in [-0.4, -0.2) is 44.6 Å². The Kier molecular flexibility index (Phi) is 10.2. The predicted molar refractivity (Wildman–Crippen MR) is 111 cm³/mol. The first-order valence-corrected chi connectivity index (χ1v) is 10.0. The minimum absolute atomic E-state index is 0.211. The van der Waals surface area contributed by atoms with E-state index in [0.717, 1.165) is 11.3 Å². The molecule has 2 amide bonds. The average molecular weight is 407 g/mol. The topological polar surface area (TPSA) is 93.7 Å². The highest BCUT2D eigenvalue weighted by molar-refractivity contribution is 5.90. The Hall–Kier alpha value is -2.57. The van der Waals surface area contributed by atoms with Crippen molar-refractivity contribution in [3.63, 3.8) is 0 Å². The van der Waals surface area contributed by atoms with Gasteiger partial charge in [0.1, 0.15) is 11.8 Å². The summed E-state index contributed by atoms with van der Waals surface area (Å²) in [5.41, 5.74) is 0.888. The van der Waals surface area contributed by atoms with Crippen molar-refractivity contribution >= 4 is 17.8 Å². The lowest BCUT2D eigenvalue weighted by atomic mass is 9.85. The number of esters is 1. The van der Waals surface area contributed by atoms with Gasteiger partial charge in [-0.2, -0.15) is 0 Å². The number of benzene rings is 1. The van der Waals surface area contributed by atoms with Crippen LogP contribution >= 0.6 is 0 Å². The van der Waals surface area contributed by atoms with Crippen LogP contribution < -0.4 is 15.4 Å². The molecule has 7 nitrogen and oxygen atoms in total. The summed E-state index contributed by atoms with van der Waals surface area (Å²) in [5, 5.41) is 5.43. The van der Waals surface area contributed by atoms with E-state index in [1.165, 1.54) is 7.05 Å². The second-order valence-electron chi connectivity index (χ2n) is 7.50. The summed E-state index contributed by atoms with van der Waals surface area (Å²) < 4.78 is 10.2. The van der Waals surface area contributed by atoms with Crippen LogP contribution in [-0.2, 0) is 25.5 Å². The number of methoxy groups -OCH3 is 1. The van der Waals surface area contributed by atoms with Crippen molar-refractivity contribution < 1.29 is 23.9 Å². The highest BCUT2D eigenvalue weighted by atomic mass is 16.5. The first kappa shape index (κ1) is 24.5. The average Bonchev–Trinajstić information content (AvgIpc) is 2.70. The Morgan fingerprint density at radius 3 is 2.14 bits per heavy atom. The fourth-order valence-corrected chi connectivity index (χ4v) is 3.14. The molecule has 1 rings (SSSR count). The number of hydrogen-bond acceptors (Lipinski definition) is 5. The van der Waals surface area contributed by atoms with Gasteiger partial charge in [-0.1, -0.05) is 32.9 Å². The van der Waals surface area contributed by atoms with Crippen molar-refractivity contribution in [2.45, 2.75) is 46.6 Å². The molecule has 2 unspecified atom stereocenters. The van der Waals surface area contributed by atoms with E-state index in [-0.39, 0.29) is 24.3 Å². The van der Waals surface area contributed by atoms with Crippen LogP contribution in [0.15, 0.2) is 24.3 Å². The lowest BCUT2D eigenvalue weighted by Crippen LogP contribution is -2.50. The molecule has 3 atom stereocenters. The lowest BCUT2D eigenvalue weighted by molar-refractivity contribution is -0.152. The highest BCUT2D eigenvalue weighted by Crippen LogP contribution is 2.23. The number of ether oxygens (including phenoxy) is 2. The molecule has 1 aromatic carbocycles. The van der Waals surface area contributed by atoms with E-state index >= 15 is 0 Å². The number of rotatable bonds is 11. The minimum atomic E-state index is -0.745. The molecule has 2 N–H and O–H groups in total. The number of nitrogens with one attached hydrogen (secondary N) is 2.